The van der Waals surface area contributed by atoms with Crippen LogP contribution >= 0.6 is 0 Å². The van der Waals surface area contributed by atoms with Gasteiger partial charge in [-0.2, -0.15) is 0 Å². The Morgan fingerprint density at radius 2 is 1.79 bits per heavy atom. The average molecular weight is 261 g/mol. The first-order valence-corrected chi connectivity index (χ1v) is 7.43. The summed E-state index contributed by atoms with van der Waals surface area (Å²) in [5.41, 5.74) is 1.29. The molecule has 0 N–H and O–H groups in total. The molecule has 106 valence electrons. The van der Waals surface area contributed by atoms with Gasteiger partial charge in [0.15, 0.2) is 0 Å². The predicted molar refractivity (Wildman–Crippen MR) is 79.9 cm³/mol. The summed E-state index contributed by atoms with van der Waals surface area (Å²) in [4.78, 5) is 2.39. The third-order valence-corrected chi connectivity index (χ3v) is 4.68. The van der Waals surface area contributed by atoms with E-state index in [-0.39, 0.29) is 12.3 Å². The first kappa shape index (κ1) is 14.5. The summed E-state index contributed by atoms with van der Waals surface area (Å²) >= 11 is 0. The lowest BCUT2D eigenvalue weighted by Crippen LogP contribution is -2.33. The van der Waals surface area contributed by atoms with Gasteiger partial charge in [0.05, 0.1) is 6.10 Å². The number of nitrogens with zero attached hydrogens (tertiary/aromatic N) is 1. The second-order valence-corrected chi connectivity index (χ2v) is 6.29. The Morgan fingerprint density at radius 1 is 1.16 bits per heavy atom. The smallest absolute Gasteiger partial charge is 0.111 e. The highest BCUT2D eigenvalue weighted by molar-refractivity contribution is 5.20. The largest absolute Gasteiger partial charge is 0.354 e. The Kier molecular flexibility index (Phi) is 4.64. The highest BCUT2D eigenvalue weighted by Crippen LogP contribution is 2.36. The Morgan fingerprint density at radius 3 is 2.37 bits per heavy atom. The fraction of sp³-hybridized carbons (Fsp3) is 0.647. The molecule has 1 aromatic carbocycles. The summed E-state index contributed by atoms with van der Waals surface area (Å²) in [6.45, 7) is 9.16. The maximum Gasteiger partial charge on any atom is 0.111 e. The van der Waals surface area contributed by atoms with Gasteiger partial charge >= 0.3 is 0 Å². The minimum Gasteiger partial charge on any atom is -0.354 e. The van der Waals surface area contributed by atoms with Crippen molar-refractivity contribution in [3.63, 3.8) is 0 Å². The zero-order valence-corrected chi connectivity index (χ0v) is 12.8. The lowest BCUT2D eigenvalue weighted by Gasteiger charge is -2.25. The molecule has 1 aliphatic heterocycles. The van der Waals surface area contributed by atoms with Crippen molar-refractivity contribution in [2.75, 3.05) is 7.05 Å². The van der Waals surface area contributed by atoms with Crippen LogP contribution in [-0.2, 0) is 4.74 Å². The molecule has 0 amide bonds. The first-order valence-electron chi connectivity index (χ1n) is 7.43. The number of benzene rings is 1. The Hall–Kier alpha value is -0.860. The first-order chi connectivity index (χ1) is 9.00. The summed E-state index contributed by atoms with van der Waals surface area (Å²) in [6, 6.07) is 11.0. The van der Waals surface area contributed by atoms with E-state index >= 15 is 0 Å². The molecular weight excluding hydrogens is 234 g/mol. The fourth-order valence-electron chi connectivity index (χ4n) is 2.67. The van der Waals surface area contributed by atoms with Crippen molar-refractivity contribution >= 4 is 0 Å². The highest BCUT2D eigenvalue weighted by atomic mass is 16.5. The van der Waals surface area contributed by atoms with Crippen LogP contribution in [0.4, 0.5) is 0 Å². The summed E-state index contributed by atoms with van der Waals surface area (Å²) in [5.74, 6) is 1.40. The van der Waals surface area contributed by atoms with Crippen molar-refractivity contribution in [1.82, 2.24) is 4.90 Å². The molecule has 0 radical (unpaired) electrons. The molecule has 4 atom stereocenters. The van der Waals surface area contributed by atoms with Crippen molar-refractivity contribution in [2.45, 2.75) is 52.5 Å². The molecular formula is C17H27NO. The molecule has 0 unspecified atom stereocenters. The van der Waals surface area contributed by atoms with Gasteiger partial charge in [0.1, 0.15) is 6.23 Å². The maximum atomic E-state index is 6.32. The maximum absolute atomic E-state index is 6.32. The number of hydrogen-bond donors (Lipinski definition) is 0. The van der Waals surface area contributed by atoms with Crippen molar-refractivity contribution in [3.05, 3.63) is 35.9 Å². The van der Waals surface area contributed by atoms with Gasteiger partial charge in [-0.15, -0.1) is 0 Å². The number of likely N-dealkylation sites (N-methyl/N-ethyl adjacent to an activating group) is 1. The molecule has 1 heterocycles. The molecule has 2 nitrogen and oxygen atoms in total. The van der Waals surface area contributed by atoms with Crippen molar-refractivity contribution in [2.24, 2.45) is 11.8 Å². The van der Waals surface area contributed by atoms with E-state index in [9.17, 15) is 0 Å². The van der Waals surface area contributed by atoms with Crippen LogP contribution in [-0.4, -0.2) is 24.2 Å². The molecule has 0 spiro atoms. The van der Waals surface area contributed by atoms with E-state index in [1.54, 1.807) is 0 Å². The molecule has 19 heavy (non-hydrogen) atoms. The van der Waals surface area contributed by atoms with Crippen LogP contribution in [0.5, 0.6) is 0 Å². The van der Waals surface area contributed by atoms with Gasteiger partial charge in [-0.3, -0.25) is 4.90 Å². The highest BCUT2D eigenvalue weighted by Gasteiger charge is 2.38. The van der Waals surface area contributed by atoms with Crippen LogP contribution in [0.2, 0.25) is 0 Å². The second kappa shape index (κ2) is 6.06. The van der Waals surface area contributed by atoms with Crippen LogP contribution in [0.15, 0.2) is 30.3 Å². The monoisotopic (exact) mass is 261 g/mol. The van der Waals surface area contributed by atoms with Crippen molar-refractivity contribution < 1.29 is 4.74 Å². The van der Waals surface area contributed by atoms with E-state index in [1.807, 2.05) is 0 Å². The molecule has 1 aromatic rings. The lowest BCUT2D eigenvalue weighted by molar-refractivity contribution is -0.0111. The van der Waals surface area contributed by atoms with E-state index in [0.29, 0.717) is 17.9 Å². The Labute approximate surface area is 117 Å². The number of hydrogen-bond acceptors (Lipinski definition) is 2. The van der Waals surface area contributed by atoms with E-state index < -0.39 is 0 Å². The molecule has 0 saturated carbocycles. The third kappa shape index (κ3) is 3.18. The van der Waals surface area contributed by atoms with Crippen LogP contribution in [0.1, 0.15) is 45.8 Å². The molecule has 1 saturated heterocycles. The third-order valence-electron chi connectivity index (χ3n) is 4.68. The Balaban J connectivity index is 2.06. The number of rotatable bonds is 4. The summed E-state index contributed by atoms with van der Waals surface area (Å²) in [7, 11) is 2.19. The SMILES string of the molecule is CC(C)[C@H](C)C[C@@H]1O[C@H](c2ccccc2)[C@H](C)N1C. The summed E-state index contributed by atoms with van der Waals surface area (Å²) < 4.78 is 6.32. The van der Waals surface area contributed by atoms with Gasteiger partial charge < -0.3 is 4.74 Å². The van der Waals surface area contributed by atoms with Crippen LogP contribution in [0.3, 0.4) is 0 Å². The summed E-state index contributed by atoms with van der Waals surface area (Å²) in [5, 5.41) is 0. The van der Waals surface area contributed by atoms with Gasteiger partial charge in [0.2, 0.25) is 0 Å². The fourth-order valence-corrected chi connectivity index (χ4v) is 2.67. The molecule has 1 fully saturated rings. The zero-order valence-electron chi connectivity index (χ0n) is 12.8. The van der Waals surface area contributed by atoms with Gasteiger partial charge in [-0.25, -0.2) is 0 Å². The zero-order chi connectivity index (χ0) is 14.0. The summed E-state index contributed by atoms with van der Waals surface area (Å²) in [6.07, 6.45) is 1.56. The van der Waals surface area contributed by atoms with Crippen LogP contribution < -0.4 is 0 Å². The minimum atomic E-state index is 0.204. The van der Waals surface area contributed by atoms with Gasteiger partial charge in [0, 0.05) is 6.04 Å². The van der Waals surface area contributed by atoms with E-state index in [1.165, 1.54) is 5.56 Å². The standard InChI is InChI=1S/C17H27NO/c1-12(2)13(3)11-16-18(5)14(4)17(19-16)15-9-7-6-8-10-15/h6-10,12-14,16-17H,11H2,1-5H3/t13-,14+,16+,17+/m1/s1. The minimum absolute atomic E-state index is 0.204. The predicted octanol–water partition coefficient (Wildman–Crippen LogP) is 4.09. The average Bonchev–Trinajstić information content (AvgIpc) is 2.68. The van der Waals surface area contributed by atoms with Gasteiger partial charge in [0.25, 0.3) is 0 Å². The second-order valence-electron chi connectivity index (χ2n) is 6.29. The van der Waals surface area contributed by atoms with Crippen molar-refractivity contribution in [1.29, 1.82) is 0 Å². The normalized spacial score (nSPS) is 29.9. The lowest BCUT2D eigenvalue weighted by atomic mass is 9.94. The van der Waals surface area contributed by atoms with Gasteiger partial charge in [-0.05, 0) is 37.8 Å². The molecule has 2 rings (SSSR count). The van der Waals surface area contributed by atoms with E-state index in [4.69, 9.17) is 4.74 Å². The molecule has 0 aromatic heterocycles. The molecule has 2 heteroatoms. The molecule has 1 aliphatic rings. The molecule has 0 aliphatic carbocycles. The van der Waals surface area contributed by atoms with Crippen LogP contribution in [0, 0.1) is 11.8 Å². The topological polar surface area (TPSA) is 12.5 Å². The van der Waals surface area contributed by atoms with E-state index in [2.05, 4.69) is 70.0 Å². The van der Waals surface area contributed by atoms with Crippen molar-refractivity contribution in [3.8, 4) is 0 Å². The Bertz CT molecular complexity index is 390. The van der Waals surface area contributed by atoms with E-state index in [0.717, 1.165) is 6.42 Å². The van der Waals surface area contributed by atoms with Gasteiger partial charge in [-0.1, -0.05) is 51.1 Å². The molecule has 0 bridgehead atoms. The number of ether oxygens (including phenoxy) is 1. The quantitative estimate of drug-likeness (QED) is 0.809. The van der Waals surface area contributed by atoms with Crippen LogP contribution in [0.25, 0.3) is 0 Å².